The Morgan fingerprint density at radius 1 is 0.875 bits per heavy atom. The molecule has 158 valence electrons. The van der Waals surface area contributed by atoms with E-state index in [0.29, 0.717) is 17.2 Å². The fourth-order valence-corrected chi connectivity index (χ4v) is 3.06. The Hall–Kier alpha value is -4.45. The van der Waals surface area contributed by atoms with Crippen LogP contribution in [-0.2, 0) is 14.3 Å². The highest BCUT2D eigenvalue weighted by molar-refractivity contribution is 5.96. The van der Waals surface area contributed by atoms with Gasteiger partial charge in [-0.25, -0.2) is 4.79 Å². The molecule has 0 aliphatic rings. The maximum absolute atomic E-state index is 12.2. The molecule has 0 fully saturated rings. The molecule has 6 heteroatoms. The number of benzene rings is 3. The van der Waals surface area contributed by atoms with E-state index in [4.69, 9.17) is 9.47 Å². The van der Waals surface area contributed by atoms with Crippen LogP contribution in [0.25, 0.3) is 17.0 Å². The lowest BCUT2D eigenvalue weighted by Crippen LogP contribution is -2.20. The third-order valence-electron chi connectivity index (χ3n) is 4.51. The van der Waals surface area contributed by atoms with E-state index >= 15 is 0 Å². The molecule has 0 aliphatic carbocycles. The van der Waals surface area contributed by atoms with Gasteiger partial charge in [0.25, 0.3) is 5.91 Å². The molecule has 3 aromatic carbocycles. The van der Waals surface area contributed by atoms with Gasteiger partial charge in [0.2, 0.25) is 0 Å². The summed E-state index contributed by atoms with van der Waals surface area (Å²) in [6.45, 7) is -0.402. The second-order valence-electron chi connectivity index (χ2n) is 6.85. The van der Waals surface area contributed by atoms with Gasteiger partial charge in [0, 0.05) is 35.0 Å². The number of carbonyl (C=O) groups is 2. The molecule has 0 unspecified atom stereocenters. The van der Waals surface area contributed by atoms with Crippen molar-refractivity contribution in [3.8, 4) is 11.5 Å². The van der Waals surface area contributed by atoms with Gasteiger partial charge in [0.15, 0.2) is 6.61 Å². The van der Waals surface area contributed by atoms with Crippen molar-refractivity contribution < 1.29 is 19.1 Å². The Kier molecular flexibility index (Phi) is 6.53. The average molecular weight is 424 g/mol. The van der Waals surface area contributed by atoms with Crippen molar-refractivity contribution in [1.29, 1.82) is 0 Å². The summed E-state index contributed by atoms with van der Waals surface area (Å²) in [5.41, 5.74) is 2.12. The first-order chi connectivity index (χ1) is 15.7. The van der Waals surface area contributed by atoms with E-state index in [0.717, 1.165) is 16.5 Å². The lowest BCUT2D eigenvalue weighted by atomic mass is 10.1. The Morgan fingerprint density at radius 2 is 1.66 bits per heavy atom. The van der Waals surface area contributed by atoms with Crippen molar-refractivity contribution in [2.75, 3.05) is 11.9 Å². The molecule has 0 radical (unpaired) electrons. The molecule has 0 bridgehead atoms. The fourth-order valence-electron chi connectivity index (χ4n) is 3.06. The second kappa shape index (κ2) is 10.0. The molecular weight excluding hydrogens is 404 g/mol. The van der Waals surface area contributed by atoms with E-state index in [9.17, 15) is 9.59 Å². The molecule has 0 saturated heterocycles. The van der Waals surface area contributed by atoms with Gasteiger partial charge in [0.05, 0.1) is 5.52 Å². The fraction of sp³-hybridized carbons (Fsp3) is 0.0385. The molecule has 1 N–H and O–H groups in total. The number of pyridine rings is 1. The van der Waals surface area contributed by atoms with Gasteiger partial charge >= 0.3 is 5.97 Å². The standard InChI is InChI=1S/C26H20N2O4/c29-24(28-21-10-5-13-23(17-21)32-22-11-2-1-3-12-22)18-31-25(30)15-14-20-8-4-7-19-9-6-16-27-26(19)20/h1-17H,18H2,(H,28,29)/b15-14+. The highest BCUT2D eigenvalue weighted by atomic mass is 16.5. The molecule has 0 spiro atoms. The highest BCUT2D eigenvalue weighted by Crippen LogP contribution is 2.23. The van der Waals surface area contributed by atoms with Gasteiger partial charge in [-0.15, -0.1) is 0 Å². The van der Waals surface area contributed by atoms with Crippen LogP contribution >= 0.6 is 0 Å². The summed E-state index contributed by atoms with van der Waals surface area (Å²) in [4.78, 5) is 28.5. The van der Waals surface area contributed by atoms with Crippen molar-refractivity contribution in [2.24, 2.45) is 0 Å². The summed E-state index contributed by atoms with van der Waals surface area (Å²) in [6, 6.07) is 25.8. The zero-order valence-electron chi connectivity index (χ0n) is 17.1. The number of nitrogens with one attached hydrogen (secondary N) is 1. The van der Waals surface area contributed by atoms with Gasteiger partial charge in [-0.2, -0.15) is 0 Å². The predicted molar refractivity (Wildman–Crippen MR) is 123 cm³/mol. The molecule has 0 atom stereocenters. The molecule has 0 aliphatic heterocycles. The van der Waals surface area contributed by atoms with Crippen molar-refractivity contribution in [3.05, 3.63) is 103 Å². The van der Waals surface area contributed by atoms with Gasteiger partial charge in [-0.1, -0.05) is 48.5 Å². The lowest BCUT2D eigenvalue weighted by Gasteiger charge is -2.09. The summed E-state index contributed by atoms with van der Waals surface area (Å²) in [5, 5.41) is 3.66. The van der Waals surface area contributed by atoms with E-state index in [-0.39, 0.29) is 0 Å². The van der Waals surface area contributed by atoms with E-state index in [1.54, 1.807) is 36.5 Å². The normalized spacial score (nSPS) is 10.8. The van der Waals surface area contributed by atoms with Crippen LogP contribution in [0.15, 0.2) is 97.2 Å². The van der Waals surface area contributed by atoms with Crippen LogP contribution < -0.4 is 10.1 Å². The van der Waals surface area contributed by atoms with Crippen LogP contribution in [0.5, 0.6) is 11.5 Å². The number of hydrogen-bond donors (Lipinski definition) is 1. The molecule has 0 saturated carbocycles. The quantitative estimate of drug-likeness (QED) is 0.325. The Bertz CT molecular complexity index is 1260. The van der Waals surface area contributed by atoms with Crippen LogP contribution in [0.4, 0.5) is 5.69 Å². The summed E-state index contributed by atoms with van der Waals surface area (Å²) in [5.74, 6) is 0.209. The van der Waals surface area contributed by atoms with E-state index < -0.39 is 18.5 Å². The summed E-state index contributed by atoms with van der Waals surface area (Å²) < 4.78 is 10.8. The molecule has 1 heterocycles. The number of carbonyl (C=O) groups excluding carboxylic acids is 2. The third-order valence-corrected chi connectivity index (χ3v) is 4.51. The number of fused-ring (bicyclic) bond motifs is 1. The van der Waals surface area contributed by atoms with Gasteiger partial charge in [0.1, 0.15) is 11.5 Å². The van der Waals surface area contributed by atoms with Crippen LogP contribution in [0.1, 0.15) is 5.56 Å². The van der Waals surface area contributed by atoms with Gasteiger partial charge in [-0.3, -0.25) is 9.78 Å². The molecule has 32 heavy (non-hydrogen) atoms. The van der Waals surface area contributed by atoms with Gasteiger partial charge < -0.3 is 14.8 Å². The number of amides is 1. The number of aromatic nitrogens is 1. The minimum Gasteiger partial charge on any atom is -0.457 e. The molecule has 1 amide bonds. The van der Waals surface area contributed by atoms with Gasteiger partial charge in [-0.05, 0) is 36.4 Å². The Morgan fingerprint density at radius 3 is 2.53 bits per heavy atom. The average Bonchev–Trinajstić information content (AvgIpc) is 2.82. The second-order valence-corrected chi connectivity index (χ2v) is 6.85. The number of esters is 1. The maximum Gasteiger partial charge on any atom is 0.331 e. The van der Waals surface area contributed by atoms with E-state index in [1.807, 2.05) is 60.7 Å². The van der Waals surface area contributed by atoms with Crippen LogP contribution in [0.3, 0.4) is 0 Å². The third kappa shape index (κ3) is 5.58. The first kappa shape index (κ1) is 20.8. The van der Waals surface area contributed by atoms with Crippen molar-refractivity contribution in [3.63, 3.8) is 0 Å². The number of ether oxygens (including phenoxy) is 2. The van der Waals surface area contributed by atoms with Crippen molar-refractivity contribution in [1.82, 2.24) is 4.98 Å². The minimum atomic E-state index is -0.616. The first-order valence-corrected chi connectivity index (χ1v) is 9.99. The lowest BCUT2D eigenvalue weighted by molar-refractivity contribution is -0.142. The Balaban J connectivity index is 1.30. The molecular formula is C26H20N2O4. The SMILES string of the molecule is O=C(COC(=O)/C=C/c1cccc2cccnc12)Nc1cccc(Oc2ccccc2)c1. The number of nitrogens with zero attached hydrogens (tertiary/aromatic N) is 1. The molecule has 6 nitrogen and oxygen atoms in total. The maximum atomic E-state index is 12.2. The van der Waals surface area contributed by atoms with Crippen LogP contribution in [0, 0.1) is 0 Å². The number of anilines is 1. The Labute approximate surface area is 185 Å². The molecule has 4 aromatic rings. The summed E-state index contributed by atoms with van der Waals surface area (Å²) in [7, 11) is 0. The number of hydrogen-bond acceptors (Lipinski definition) is 5. The summed E-state index contributed by atoms with van der Waals surface area (Å²) >= 11 is 0. The number of rotatable bonds is 7. The predicted octanol–water partition coefficient (Wildman–Crippen LogP) is 5.22. The smallest absolute Gasteiger partial charge is 0.331 e. The van der Waals surface area contributed by atoms with Crippen molar-refractivity contribution in [2.45, 2.75) is 0 Å². The zero-order chi connectivity index (χ0) is 22.2. The largest absolute Gasteiger partial charge is 0.457 e. The zero-order valence-corrected chi connectivity index (χ0v) is 17.1. The molecule has 1 aromatic heterocycles. The minimum absolute atomic E-state index is 0.402. The van der Waals surface area contributed by atoms with E-state index in [1.165, 1.54) is 6.08 Å². The topological polar surface area (TPSA) is 77.5 Å². The summed E-state index contributed by atoms with van der Waals surface area (Å²) in [6.07, 6.45) is 4.60. The molecule has 4 rings (SSSR count). The highest BCUT2D eigenvalue weighted by Gasteiger charge is 2.07. The van der Waals surface area contributed by atoms with Crippen LogP contribution in [-0.4, -0.2) is 23.5 Å². The van der Waals surface area contributed by atoms with E-state index in [2.05, 4.69) is 10.3 Å². The monoisotopic (exact) mass is 424 g/mol. The van der Waals surface area contributed by atoms with Crippen LogP contribution in [0.2, 0.25) is 0 Å². The number of para-hydroxylation sites is 2. The first-order valence-electron chi connectivity index (χ1n) is 9.99. The van der Waals surface area contributed by atoms with Crippen molar-refractivity contribution >= 4 is 34.5 Å².